The zero-order valence-corrected chi connectivity index (χ0v) is 24.3. The first-order chi connectivity index (χ1) is 21.7. The van der Waals surface area contributed by atoms with Crippen LogP contribution in [0.4, 0.5) is 0 Å². The molecular formula is C40H29N3O. The molecule has 0 bridgehead atoms. The minimum absolute atomic E-state index is 0.0994. The first-order valence-electron chi connectivity index (χ1n) is 14.8. The number of fused-ring (bicyclic) bond motifs is 6. The average Bonchev–Trinajstić information content (AvgIpc) is 3.58. The van der Waals surface area contributed by atoms with Crippen molar-refractivity contribution in [3.05, 3.63) is 162 Å². The van der Waals surface area contributed by atoms with Gasteiger partial charge in [0.15, 0.2) is 0 Å². The van der Waals surface area contributed by atoms with E-state index in [2.05, 4.69) is 107 Å². The van der Waals surface area contributed by atoms with Gasteiger partial charge in [-0.1, -0.05) is 97.6 Å². The Morgan fingerprint density at radius 3 is 1.77 bits per heavy atom. The Hall–Kier alpha value is -5.87. The van der Waals surface area contributed by atoms with Gasteiger partial charge in [-0.2, -0.15) is 0 Å². The molecule has 4 heteroatoms. The third-order valence-electron chi connectivity index (χ3n) is 8.54. The monoisotopic (exact) mass is 567 g/mol. The third-order valence-corrected chi connectivity index (χ3v) is 8.54. The van der Waals surface area contributed by atoms with Crippen LogP contribution in [0.2, 0.25) is 0 Å². The number of benzene rings is 5. The van der Waals surface area contributed by atoms with Gasteiger partial charge in [0.1, 0.15) is 5.65 Å². The molecule has 3 heterocycles. The number of nitrogens with zero attached hydrogens (tertiary/aromatic N) is 3. The van der Waals surface area contributed by atoms with Crippen molar-refractivity contribution in [1.29, 1.82) is 0 Å². The predicted molar refractivity (Wildman–Crippen MR) is 186 cm³/mol. The smallest absolute Gasteiger partial charge is 0.264 e. The fourth-order valence-electron chi connectivity index (χ4n) is 6.74. The van der Waals surface area contributed by atoms with Crippen molar-refractivity contribution in [1.82, 2.24) is 13.7 Å². The maximum Gasteiger partial charge on any atom is 0.264 e. The molecule has 5 aromatic carbocycles. The summed E-state index contributed by atoms with van der Waals surface area (Å²) in [6.45, 7) is 6.04. The van der Waals surface area contributed by atoms with E-state index in [1.165, 1.54) is 5.39 Å². The fraction of sp³-hybridized carbons (Fsp3) is 0.0250. The second-order valence-electron chi connectivity index (χ2n) is 10.9. The first kappa shape index (κ1) is 25.8. The van der Waals surface area contributed by atoms with Crippen molar-refractivity contribution < 1.29 is 0 Å². The van der Waals surface area contributed by atoms with Crippen molar-refractivity contribution in [3.8, 4) is 17.1 Å². The van der Waals surface area contributed by atoms with Crippen LogP contribution in [-0.4, -0.2) is 13.7 Å². The van der Waals surface area contributed by atoms with Gasteiger partial charge in [-0.05, 0) is 67.1 Å². The summed E-state index contributed by atoms with van der Waals surface area (Å²) in [5.41, 5.74) is 8.43. The molecule has 0 radical (unpaired) electrons. The van der Waals surface area contributed by atoms with E-state index in [0.29, 0.717) is 5.56 Å². The molecule has 0 saturated carbocycles. The van der Waals surface area contributed by atoms with Crippen LogP contribution in [0.25, 0.3) is 73.0 Å². The molecule has 0 aliphatic carbocycles. The number of hydrogen-bond acceptors (Lipinski definition) is 1. The normalized spacial score (nSPS) is 11.8. The summed E-state index contributed by atoms with van der Waals surface area (Å²) in [4.78, 5) is 14.4. The van der Waals surface area contributed by atoms with E-state index < -0.39 is 0 Å². The van der Waals surface area contributed by atoms with Gasteiger partial charge in [0.25, 0.3) is 5.56 Å². The Bertz CT molecular complexity index is 2470. The van der Waals surface area contributed by atoms with Crippen molar-refractivity contribution >= 4 is 55.9 Å². The zero-order chi connectivity index (χ0) is 29.8. The SMILES string of the molecule is C=Cc1c(/C=C\C)c2c3ccccc3n(-c3ccc4c(c3)c3ccccc3n4-c3ccccc3)c2n(-c2ccccc2)c1=O. The Morgan fingerprint density at radius 2 is 1.11 bits per heavy atom. The van der Waals surface area contributed by atoms with Crippen LogP contribution in [0.15, 0.2) is 145 Å². The van der Waals surface area contributed by atoms with Gasteiger partial charge < -0.3 is 4.57 Å². The summed E-state index contributed by atoms with van der Waals surface area (Å²) >= 11 is 0. The zero-order valence-electron chi connectivity index (χ0n) is 24.3. The molecule has 0 N–H and O–H groups in total. The van der Waals surface area contributed by atoms with E-state index in [0.717, 1.165) is 61.0 Å². The van der Waals surface area contributed by atoms with Crippen LogP contribution in [-0.2, 0) is 0 Å². The summed E-state index contributed by atoms with van der Waals surface area (Å²) in [7, 11) is 0. The summed E-state index contributed by atoms with van der Waals surface area (Å²) < 4.78 is 6.41. The van der Waals surface area contributed by atoms with Gasteiger partial charge in [0.2, 0.25) is 0 Å². The molecule has 0 atom stereocenters. The third kappa shape index (κ3) is 3.68. The molecule has 44 heavy (non-hydrogen) atoms. The van der Waals surface area contributed by atoms with E-state index in [4.69, 9.17) is 0 Å². The van der Waals surface area contributed by atoms with Crippen LogP contribution in [0.5, 0.6) is 0 Å². The van der Waals surface area contributed by atoms with E-state index in [1.54, 1.807) is 6.08 Å². The van der Waals surface area contributed by atoms with E-state index >= 15 is 0 Å². The molecule has 210 valence electrons. The van der Waals surface area contributed by atoms with Crippen molar-refractivity contribution in [3.63, 3.8) is 0 Å². The second-order valence-corrected chi connectivity index (χ2v) is 10.9. The first-order valence-corrected chi connectivity index (χ1v) is 14.8. The van der Waals surface area contributed by atoms with Crippen LogP contribution in [0.3, 0.4) is 0 Å². The Balaban J connectivity index is 1.56. The second kappa shape index (κ2) is 10.1. The predicted octanol–water partition coefficient (Wildman–Crippen LogP) is 9.71. The molecule has 0 saturated heterocycles. The summed E-state index contributed by atoms with van der Waals surface area (Å²) in [6.07, 6.45) is 5.71. The van der Waals surface area contributed by atoms with Gasteiger partial charge in [0, 0.05) is 38.5 Å². The lowest BCUT2D eigenvalue weighted by molar-refractivity contribution is 0.981. The Kier molecular flexibility index (Phi) is 5.95. The van der Waals surface area contributed by atoms with Crippen molar-refractivity contribution in [2.75, 3.05) is 0 Å². The molecule has 0 fully saturated rings. The highest BCUT2D eigenvalue weighted by atomic mass is 16.1. The molecule has 8 rings (SSSR count). The molecule has 0 aliphatic heterocycles. The maximum absolute atomic E-state index is 14.4. The summed E-state index contributed by atoms with van der Waals surface area (Å²) in [5, 5.41) is 4.43. The Morgan fingerprint density at radius 1 is 0.545 bits per heavy atom. The van der Waals surface area contributed by atoms with E-state index in [9.17, 15) is 4.79 Å². The largest absolute Gasteiger partial charge is 0.309 e. The summed E-state index contributed by atoms with van der Waals surface area (Å²) in [5.74, 6) is 0. The number of allylic oxidation sites excluding steroid dienone is 1. The molecule has 3 aromatic heterocycles. The molecular weight excluding hydrogens is 538 g/mol. The minimum Gasteiger partial charge on any atom is -0.309 e. The van der Waals surface area contributed by atoms with E-state index in [1.807, 2.05) is 60.0 Å². The lowest BCUT2D eigenvalue weighted by atomic mass is 10.0. The van der Waals surface area contributed by atoms with Crippen LogP contribution in [0, 0.1) is 0 Å². The molecule has 0 amide bonds. The van der Waals surface area contributed by atoms with Crippen LogP contribution < -0.4 is 5.56 Å². The fourth-order valence-corrected chi connectivity index (χ4v) is 6.74. The topological polar surface area (TPSA) is 31.9 Å². The Labute approximate surface area is 254 Å². The molecule has 8 aromatic rings. The van der Waals surface area contributed by atoms with Gasteiger partial charge in [-0.3, -0.25) is 13.9 Å². The standard InChI is InChI=1S/C40H29N3O/c1-3-15-32-30(4-2)40(44)43(28-18-9-6-10-19-28)39-38(32)33-21-12-14-23-36(33)42(39)29-24-25-37-34(26-29)31-20-11-13-22-35(31)41(37)27-16-7-5-8-17-27/h3-26H,2H2,1H3/b15-3-. The molecule has 0 aliphatic rings. The molecule has 0 spiro atoms. The van der Waals surface area contributed by atoms with Crippen molar-refractivity contribution in [2.24, 2.45) is 0 Å². The average molecular weight is 568 g/mol. The minimum atomic E-state index is -0.0994. The number of aromatic nitrogens is 3. The quantitative estimate of drug-likeness (QED) is 0.204. The number of para-hydroxylation sites is 4. The molecule has 0 unspecified atom stereocenters. The van der Waals surface area contributed by atoms with Gasteiger partial charge >= 0.3 is 0 Å². The van der Waals surface area contributed by atoms with Gasteiger partial charge in [-0.25, -0.2) is 0 Å². The molecule has 4 nitrogen and oxygen atoms in total. The lowest BCUT2D eigenvalue weighted by Gasteiger charge is -2.16. The number of hydrogen-bond donors (Lipinski definition) is 0. The van der Waals surface area contributed by atoms with Gasteiger partial charge in [-0.15, -0.1) is 0 Å². The van der Waals surface area contributed by atoms with Crippen LogP contribution >= 0.6 is 0 Å². The highest BCUT2D eigenvalue weighted by Gasteiger charge is 2.23. The number of pyridine rings is 1. The number of rotatable bonds is 5. The highest BCUT2D eigenvalue weighted by molar-refractivity contribution is 6.14. The van der Waals surface area contributed by atoms with E-state index in [-0.39, 0.29) is 5.56 Å². The van der Waals surface area contributed by atoms with Gasteiger partial charge in [0.05, 0.1) is 22.2 Å². The lowest BCUT2D eigenvalue weighted by Crippen LogP contribution is -2.23. The van der Waals surface area contributed by atoms with Crippen molar-refractivity contribution in [2.45, 2.75) is 6.92 Å². The van der Waals surface area contributed by atoms with Crippen LogP contribution in [0.1, 0.15) is 18.1 Å². The maximum atomic E-state index is 14.4. The summed E-state index contributed by atoms with van der Waals surface area (Å²) in [6, 6.07) is 44.0. The highest BCUT2D eigenvalue weighted by Crippen LogP contribution is 2.39.